The quantitative estimate of drug-likeness (QED) is 0.791. The maximum absolute atomic E-state index is 12.2. The van der Waals surface area contributed by atoms with Gasteiger partial charge in [-0.1, -0.05) is 36.7 Å². The lowest BCUT2D eigenvalue weighted by molar-refractivity contribution is 0.0950. The zero-order chi connectivity index (χ0) is 17.6. The Kier molecular flexibility index (Phi) is 6.36. The van der Waals surface area contributed by atoms with Crippen molar-refractivity contribution in [3.63, 3.8) is 0 Å². The van der Waals surface area contributed by atoms with Crippen molar-refractivity contribution >= 4 is 27.5 Å². The molecular formula is C17H19ClN2O3S. The van der Waals surface area contributed by atoms with Gasteiger partial charge in [-0.25, -0.2) is 13.1 Å². The molecule has 0 spiro atoms. The van der Waals surface area contributed by atoms with E-state index in [1.54, 1.807) is 24.3 Å². The molecule has 2 rings (SSSR count). The fourth-order valence-corrected chi connectivity index (χ4v) is 3.32. The first-order valence-corrected chi connectivity index (χ1v) is 9.41. The summed E-state index contributed by atoms with van der Waals surface area (Å²) in [7, 11) is -3.59. The highest BCUT2D eigenvalue weighted by Gasteiger charge is 2.15. The Morgan fingerprint density at radius 3 is 2.50 bits per heavy atom. The smallest absolute Gasteiger partial charge is 0.251 e. The summed E-state index contributed by atoms with van der Waals surface area (Å²) >= 11 is 5.82. The van der Waals surface area contributed by atoms with Gasteiger partial charge in [0.1, 0.15) is 0 Å². The lowest BCUT2D eigenvalue weighted by Crippen LogP contribution is -2.26. The van der Waals surface area contributed by atoms with Crippen molar-refractivity contribution < 1.29 is 13.2 Å². The van der Waals surface area contributed by atoms with Gasteiger partial charge in [-0.15, -0.1) is 0 Å². The molecule has 2 aromatic rings. The highest BCUT2D eigenvalue weighted by molar-refractivity contribution is 7.89. The summed E-state index contributed by atoms with van der Waals surface area (Å²) in [6.07, 6.45) is 0.695. The van der Waals surface area contributed by atoms with Crippen molar-refractivity contribution in [2.24, 2.45) is 0 Å². The highest BCUT2D eigenvalue weighted by atomic mass is 35.5. The monoisotopic (exact) mass is 366 g/mol. The summed E-state index contributed by atoms with van der Waals surface area (Å²) < 4.78 is 26.7. The molecule has 128 valence electrons. The number of hydrogen-bond acceptors (Lipinski definition) is 3. The largest absolute Gasteiger partial charge is 0.348 e. The molecule has 7 heteroatoms. The van der Waals surface area contributed by atoms with E-state index in [1.165, 1.54) is 12.1 Å². The summed E-state index contributed by atoms with van der Waals surface area (Å²) in [6.45, 7) is 2.57. The van der Waals surface area contributed by atoms with E-state index in [2.05, 4.69) is 10.0 Å². The first-order valence-electron chi connectivity index (χ1n) is 7.55. The summed E-state index contributed by atoms with van der Waals surface area (Å²) in [4.78, 5) is 12.3. The van der Waals surface area contributed by atoms with E-state index in [1.807, 2.05) is 19.1 Å². The van der Waals surface area contributed by atoms with Crippen molar-refractivity contribution in [1.29, 1.82) is 0 Å². The van der Waals surface area contributed by atoms with E-state index in [4.69, 9.17) is 11.6 Å². The molecule has 0 saturated carbocycles. The number of halogens is 1. The van der Waals surface area contributed by atoms with E-state index in [0.717, 1.165) is 5.56 Å². The molecule has 2 N–H and O–H groups in total. The number of carbonyl (C=O) groups excluding carboxylic acids is 1. The number of benzene rings is 2. The lowest BCUT2D eigenvalue weighted by Gasteiger charge is -2.09. The van der Waals surface area contributed by atoms with Crippen LogP contribution in [0.15, 0.2) is 53.4 Å². The molecule has 24 heavy (non-hydrogen) atoms. The van der Waals surface area contributed by atoms with Gasteiger partial charge in [0.2, 0.25) is 10.0 Å². The van der Waals surface area contributed by atoms with Gasteiger partial charge >= 0.3 is 0 Å². The van der Waals surface area contributed by atoms with Crippen LogP contribution in [0.4, 0.5) is 0 Å². The zero-order valence-electron chi connectivity index (χ0n) is 13.3. The fraction of sp³-hybridized carbons (Fsp3) is 0.235. The second kappa shape index (κ2) is 8.28. The summed E-state index contributed by atoms with van der Waals surface area (Å²) in [5.74, 6) is -0.336. The van der Waals surface area contributed by atoms with Gasteiger partial charge in [0.15, 0.2) is 0 Å². The predicted octanol–water partition coefficient (Wildman–Crippen LogP) is 2.96. The second-order valence-corrected chi connectivity index (χ2v) is 7.44. The number of rotatable bonds is 7. The van der Waals surface area contributed by atoms with Crippen LogP contribution in [0.3, 0.4) is 0 Å². The molecule has 0 aliphatic rings. The molecule has 0 aliphatic carbocycles. The predicted molar refractivity (Wildman–Crippen MR) is 94.5 cm³/mol. The van der Waals surface area contributed by atoms with Crippen LogP contribution >= 0.6 is 11.6 Å². The van der Waals surface area contributed by atoms with Crippen molar-refractivity contribution in [2.75, 3.05) is 6.54 Å². The molecule has 0 saturated heterocycles. The normalized spacial score (nSPS) is 11.2. The van der Waals surface area contributed by atoms with Crippen molar-refractivity contribution in [3.05, 3.63) is 64.7 Å². The van der Waals surface area contributed by atoms with Crippen LogP contribution in [-0.2, 0) is 16.6 Å². The Labute approximate surface area is 147 Å². The average molecular weight is 367 g/mol. The summed E-state index contributed by atoms with van der Waals surface area (Å²) in [5, 5.41) is 3.39. The maximum atomic E-state index is 12.2. The Balaban J connectivity index is 2.07. The molecule has 0 fully saturated rings. The van der Waals surface area contributed by atoms with Crippen LogP contribution in [-0.4, -0.2) is 20.9 Å². The minimum absolute atomic E-state index is 0.0788. The number of nitrogens with one attached hydrogen (secondary N) is 2. The molecule has 5 nitrogen and oxygen atoms in total. The molecule has 0 heterocycles. The van der Waals surface area contributed by atoms with Crippen LogP contribution in [0.5, 0.6) is 0 Å². The third-order valence-corrected chi connectivity index (χ3v) is 5.03. The number of sulfonamides is 1. The van der Waals surface area contributed by atoms with E-state index >= 15 is 0 Å². The van der Waals surface area contributed by atoms with Crippen LogP contribution < -0.4 is 10.0 Å². The topological polar surface area (TPSA) is 75.3 Å². The van der Waals surface area contributed by atoms with E-state index in [9.17, 15) is 13.2 Å². The Bertz CT molecular complexity index is 805. The van der Waals surface area contributed by atoms with Crippen LogP contribution in [0.25, 0.3) is 0 Å². The van der Waals surface area contributed by atoms with E-state index < -0.39 is 10.0 Å². The van der Waals surface area contributed by atoms with Gasteiger partial charge in [0, 0.05) is 23.7 Å². The fourth-order valence-electron chi connectivity index (χ4n) is 2.01. The molecular weight excluding hydrogens is 348 g/mol. The summed E-state index contributed by atoms with van der Waals surface area (Å²) in [5.41, 5.74) is 1.20. The van der Waals surface area contributed by atoms with Crippen molar-refractivity contribution in [2.45, 2.75) is 24.8 Å². The van der Waals surface area contributed by atoms with Gasteiger partial charge in [-0.3, -0.25) is 4.79 Å². The van der Waals surface area contributed by atoms with Gasteiger partial charge in [0.05, 0.1) is 4.90 Å². The first-order chi connectivity index (χ1) is 11.4. The molecule has 0 unspecified atom stereocenters. The van der Waals surface area contributed by atoms with Crippen molar-refractivity contribution in [1.82, 2.24) is 10.0 Å². The van der Waals surface area contributed by atoms with E-state index in [0.29, 0.717) is 30.1 Å². The molecule has 0 aliphatic heterocycles. The average Bonchev–Trinajstić information content (AvgIpc) is 2.59. The van der Waals surface area contributed by atoms with E-state index in [-0.39, 0.29) is 10.8 Å². The molecule has 1 amide bonds. The zero-order valence-corrected chi connectivity index (χ0v) is 14.8. The third-order valence-electron chi connectivity index (χ3n) is 3.31. The number of carbonyl (C=O) groups is 1. The molecule has 0 aromatic heterocycles. The third kappa shape index (κ3) is 5.06. The molecule has 2 aromatic carbocycles. The molecule has 0 atom stereocenters. The Hall–Kier alpha value is -1.89. The van der Waals surface area contributed by atoms with Crippen LogP contribution in [0.2, 0.25) is 5.02 Å². The van der Waals surface area contributed by atoms with Gasteiger partial charge in [0.25, 0.3) is 5.91 Å². The van der Waals surface area contributed by atoms with Gasteiger partial charge in [-0.05, 0) is 42.3 Å². The minimum Gasteiger partial charge on any atom is -0.348 e. The first kappa shape index (κ1) is 18.4. The summed E-state index contributed by atoms with van der Waals surface area (Å²) in [6, 6.07) is 13.1. The molecule has 0 bridgehead atoms. The van der Waals surface area contributed by atoms with Crippen LogP contribution in [0.1, 0.15) is 29.3 Å². The van der Waals surface area contributed by atoms with Gasteiger partial charge in [-0.2, -0.15) is 0 Å². The van der Waals surface area contributed by atoms with Gasteiger partial charge < -0.3 is 5.32 Å². The second-order valence-electron chi connectivity index (χ2n) is 5.23. The Morgan fingerprint density at radius 1 is 1.12 bits per heavy atom. The standard InChI is InChI=1S/C17H19ClN2O3S/c1-2-10-20-24(22,23)16-5-3-4-14(11-16)17(21)19-12-13-6-8-15(18)9-7-13/h3-9,11,20H,2,10,12H2,1H3,(H,19,21). The van der Waals surface area contributed by atoms with Crippen LogP contribution in [0, 0.1) is 0 Å². The number of amides is 1. The lowest BCUT2D eigenvalue weighted by atomic mass is 10.2. The Morgan fingerprint density at radius 2 is 1.83 bits per heavy atom. The maximum Gasteiger partial charge on any atom is 0.251 e. The minimum atomic E-state index is -3.59. The number of hydrogen-bond donors (Lipinski definition) is 2. The SMILES string of the molecule is CCCNS(=O)(=O)c1cccc(C(=O)NCc2ccc(Cl)cc2)c1. The van der Waals surface area contributed by atoms with Crippen molar-refractivity contribution in [3.8, 4) is 0 Å². The molecule has 0 radical (unpaired) electrons. The highest BCUT2D eigenvalue weighted by Crippen LogP contribution is 2.12.